The summed E-state index contributed by atoms with van der Waals surface area (Å²) in [6.45, 7) is 0.460. The van der Waals surface area contributed by atoms with Gasteiger partial charge in [0.15, 0.2) is 0 Å². The molecule has 1 aliphatic heterocycles. The van der Waals surface area contributed by atoms with Crippen molar-refractivity contribution >= 4 is 21.8 Å². The van der Waals surface area contributed by atoms with Crippen LogP contribution in [0.15, 0.2) is 77.7 Å². The molecule has 1 aliphatic rings. The number of amides is 2. The third kappa shape index (κ3) is 5.00. The van der Waals surface area contributed by atoms with Gasteiger partial charge in [0.25, 0.3) is 0 Å². The molecule has 3 aromatic carbocycles. The van der Waals surface area contributed by atoms with E-state index in [0.29, 0.717) is 18.4 Å². The van der Waals surface area contributed by atoms with Crippen LogP contribution in [0.25, 0.3) is 11.1 Å². The molecule has 7 nitrogen and oxygen atoms in total. The van der Waals surface area contributed by atoms with E-state index in [1.54, 1.807) is 24.3 Å². The number of nitrogens with zero attached hydrogens (tertiary/aromatic N) is 1. The Morgan fingerprint density at radius 1 is 1.00 bits per heavy atom. The van der Waals surface area contributed by atoms with Gasteiger partial charge in [-0.2, -0.15) is 4.31 Å². The predicted molar refractivity (Wildman–Crippen MR) is 126 cm³/mol. The highest BCUT2D eigenvalue weighted by molar-refractivity contribution is 7.89. The van der Waals surface area contributed by atoms with E-state index in [-0.39, 0.29) is 23.9 Å². The van der Waals surface area contributed by atoms with E-state index < -0.39 is 27.8 Å². The maximum absolute atomic E-state index is 13.2. The summed E-state index contributed by atoms with van der Waals surface area (Å²) < 4.78 is 40.4. The molecule has 0 bridgehead atoms. The molecular weight excluding hydrogens is 457 g/mol. The molecular formula is C25H24FN3O4S. The minimum absolute atomic E-state index is 0.0383. The minimum Gasteiger partial charge on any atom is -0.366 e. The summed E-state index contributed by atoms with van der Waals surface area (Å²) in [6, 6.07) is 18.2. The lowest BCUT2D eigenvalue weighted by Gasteiger charge is -2.23. The minimum atomic E-state index is -3.91. The first kappa shape index (κ1) is 23.6. The Morgan fingerprint density at radius 3 is 2.38 bits per heavy atom. The Balaban J connectivity index is 1.44. The first-order valence-corrected chi connectivity index (χ1v) is 12.2. The van der Waals surface area contributed by atoms with E-state index in [0.717, 1.165) is 28.8 Å². The van der Waals surface area contributed by atoms with Crippen molar-refractivity contribution in [3.8, 4) is 11.1 Å². The van der Waals surface area contributed by atoms with Gasteiger partial charge in [-0.3, -0.25) is 9.59 Å². The van der Waals surface area contributed by atoms with Crippen molar-refractivity contribution in [3.63, 3.8) is 0 Å². The van der Waals surface area contributed by atoms with Gasteiger partial charge in [-0.25, -0.2) is 12.8 Å². The number of primary amides is 1. The van der Waals surface area contributed by atoms with Gasteiger partial charge in [-0.1, -0.05) is 30.3 Å². The molecule has 34 heavy (non-hydrogen) atoms. The van der Waals surface area contributed by atoms with Crippen LogP contribution >= 0.6 is 0 Å². The van der Waals surface area contributed by atoms with Gasteiger partial charge >= 0.3 is 0 Å². The zero-order valence-electron chi connectivity index (χ0n) is 18.3. The Bertz CT molecular complexity index is 1310. The van der Waals surface area contributed by atoms with Gasteiger partial charge in [0, 0.05) is 18.7 Å². The molecule has 0 radical (unpaired) electrons. The normalized spacial score (nSPS) is 16.3. The second-order valence-corrected chi connectivity index (χ2v) is 9.98. The zero-order chi connectivity index (χ0) is 24.3. The van der Waals surface area contributed by atoms with Crippen LogP contribution in [-0.2, 0) is 21.4 Å². The molecule has 4 rings (SSSR count). The molecule has 1 saturated heterocycles. The quantitative estimate of drug-likeness (QED) is 0.540. The summed E-state index contributed by atoms with van der Waals surface area (Å²) in [4.78, 5) is 24.1. The second kappa shape index (κ2) is 9.74. The highest BCUT2D eigenvalue weighted by atomic mass is 32.2. The van der Waals surface area contributed by atoms with Crippen molar-refractivity contribution < 1.29 is 22.4 Å². The number of nitrogens with one attached hydrogen (secondary N) is 1. The number of rotatable bonds is 7. The molecule has 2 amide bonds. The van der Waals surface area contributed by atoms with Crippen LogP contribution in [0, 0.1) is 5.82 Å². The van der Waals surface area contributed by atoms with Crippen LogP contribution < -0.4 is 11.1 Å². The topological polar surface area (TPSA) is 110 Å². The highest BCUT2D eigenvalue weighted by Crippen LogP contribution is 2.27. The first-order chi connectivity index (χ1) is 16.3. The molecule has 0 spiro atoms. The summed E-state index contributed by atoms with van der Waals surface area (Å²) in [6.07, 6.45) is 0.980. The molecule has 1 fully saturated rings. The SMILES string of the molecule is NC(=O)c1ccc(-c2cccc(CNC(=O)[C@@H]3CCCN3S(=O)(=O)c3ccc(F)cc3)c2)cc1. The molecule has 1 atom stereocenters. The van der Waals surface area contributed by atoms with Crippen molar-refractivity contribution in [2.45, 2.75) is 30.3 Å². The number of nitrogens with two attached hydrogens (primary N) is 1. The predicted octanol–water partition coefficient (Wildman–Crippen LogP) is 3.06. The number of sulfonamides is 1. The second-order valence-electron chi connectivity index (χ2n) is 8.09. The molecule has 0 aromatic heterocycles. The van der Waals surface area contributed by atoms with E-state index in [4.69, 9.17) is 5.73 Å². The van der Waals surface area contributed by atoms with E-state index >= 15 is 0 Å². The standard InChI is InChI=1S/C25H24FN3O4S/c26-21-10-12-22(13-11-21)34(32,33)29-14-2-5-23(29)25(31)28-16-17-3-1-4-20(15-17)18-6-8-19(9-7-18)24(27)30/h1,3-4,6-13,15,23H,2,5,14,16H2,(H2,27,30)(H,28,31)/t23-/m0/s1. The van der Waals surface area contributed by atoms with Gasteiger partial charge in [-0.15, -0.1) is 0 Å². The smallest absolute Gasteiger partial charge is 0.248 e. The van der Waals surface area contributed by atoms with Crippen LogP contribution in [0.5, 0.6) is 0 Å². The Labute approximate surface area is 197 Å². The number of hydrogen-bond acceptors (Lipinski definition) is 4. The van der Waals surface area contributed by atoms with Crippen molar-refractivity contribution in [1.29, 1.82) is 0 Å². The summed E-state index contributed by atoms with van der Waals surface area (Å²) in [5.74, 6) is -1.40. The van der Waals surface area contributed by atoms with E-state index in [1.165, 1.54) is 16.4 Å². The Kier molecular flexibility index (Phi) is 6.76. The summed E-state index contributed by atoms with van der Waals surface area (Å²) in [5.41, 5.74) is 8.35. The van der Waals surface area contributed by atoms with Crippen LogP contribution in [0.4, 0.5) is 4.39 Å². The van der Waals surface area contributed by atoms with Crippen LogP contribution in [-0.4, -0.2) is 37.1 Å². The molecule has 9 heteroatoms. The Morgan fingerprint density at radius 2 is 1.71 bits per heavy atom. The van der Waals surface area contributed by atoms with Gasteiger partial charge in [0.1, 0.15) is 11.9 Å². The summed E-state index contributed by atoms with van der Waals surface area (Å²) >= 11 is 0. The fraction of sp³-hybridized carbons (Fsp3) is 0.200. The Hall–Kier alpha value is -3.56. The van der Waals surface area contributed by atoms with Crippen LogP contribution in [0.3, 0.4) is 0 Å². The van der Waals surface area contributed by atoms with Crippen molar-refractivity contribution in [1.82, 2.24) is 9.62 Å². The van der Waals surface area contributed by atoms with Crippen LogP contribution in [0.2, 0.25) is 0 Å². The van der Waals surface area contributed by atoms with Gasteiger partial charge in [-0.05, 0) is 72.0 Å². The average molecular weight is 482 g/mol. The van der Waals surface area contributed by atoms with Gasteiger partial charge in [0.05, 0.1) is 4.90 Å². The molecule has 3 N–H and O–H groups in total. The lowest BCUT2D eigenvalue weighted by Crippen LogP contribution is -2.45. The monoisotopic (exact) mass is 481 g/mol. The maximum Gasteiger partial charge on any atom is 0.248 e. The van der Waals surface area contributed by atoms with Crippen LogP contribution in [0.1, 0.15) is 28.8 Å². The summed E-state index contributed by atoms with van der Waals surface area (Å²) in [7, 11) is -3.91. The number of benzene rings is 3. The molecule has 1 heterocycles. The fourth-order valence-electron chi connectivity index (χ4n) is 4.03. The van der Waals surface area contributed by atoms with Crippen molar-refractivity contribution in [3.05, 3.63) is 89.7 Å². The van der Waals surface area contributed by atoms with E-state index in [1.807, 2.05) is 24.3 Å². The number of carbonyl (C=O) groups excluding carboxylic acids is 2. The molecule has 176 valence electrons. The largest absolute Gasteiger partial charge is 0.366 e. The third-order valence-corrected chi connectivity index (χ3v) is 7.75. The molecule has 0 unspecified atom stereocenters. The first-order valence-electron chi connectivity index (χ1n) is 10.8. The highest BCUT2D eigenvalue weighted by Gasteiger charge is 2.39. The van der Waals surface area contributed by atoms with Gasteiger partial charge in [0.2, 0.25) is 21.8 Å². The molecule has 0 saturated carbocycles. The fourth-order valence-corrected chi connectivity index (χ4v) is 5.68. The lowest BCUT2D eigenvalue weighted by atomic mass is 10.0. The van der Waals surface area contributed by atoms with Gasteiger partial charge < -0.3 is 11.1 Å². The number of carbonyl (C=O) groups is 2. The maximum atomic E-state index is 13.2. The third-order valence-electron chi connectivity index (χ3n) is 5.82. The molecule has 3 aromatic rings. The lowest BCUT2D eigenvalue weighted by molar-refractivity contribution is -0.124. The van der Waals surface area contributed by atoms with E-state index in [9.17, 15) is 22.4 Å². The van der Waals surface area contributed by atoms with Crippen molar-refractivity contribution in [2.24, 2.45) is 5.73 Å². The molecule has 0 aliphatic carbocycles. The average Bonchev–Trinajstić information content (AvgIpc) is 3.34. The zero-order valence-corrected chi connectivity index (χ0v) is 19.1. The number of halogens is 1. The number of hydrogen-bond donors (Lipinski definition) is 2. The van der Waals surface area contributed by atoms with Crippen molar-refractivity contribution in [2.75, 3.05) is 6.54 Å². The summed E-state index contributed by atoms with van der Waals surface area (Å²) in [5, 5.41) is 2.84. The van der Waals surface area contributed by atoms with E-state index in [2.05, 4.69) is 5.32 Å².